The average molecular weight is 317 g/mol. The highest BCUT2D eigenvalue weighted by Crippen LogP contribution is 2.51. The van der Waals surface area contributed by atoms with Gasteiger partial charge in [-0.15, -0.1) is 23.2 Å². The lowest BCUT2D eigenvalue weighted by Gasteiger charge is -2.34. The lowest BCUT2D eigenvalue weighted by Crippen LogP contribution is -2.40. The van der Waals surface area contributed by atoms with Crippen molar-refractivity contribution >= 4 is 69.6 Å². The largest absolute Gasteiger partial charge is 0.176 e. The van der Waals surface area contributed by atoms with Gasteiger partial charge in [0.1, 0.15) is 0 Å². The number of hydrogen-bond donors (Lipinski definition) is 0. The molecule has 0 aromatic carbocycles. The van der Waals surface area contributed by atoms with Crippen LogP contribution in [0.25, 0.3) is 0 Å². The first-order chi connectivity index (χ1) is 6.21. The van der Waals surface area contributed by atoms with Crippen LogP contribution in [0.3, 0.4) is 0 Å². The van der Waals surface area contributed by atoms with Crippen molar-refractivity contribution in [2.24, 2.45) is 0 Å². The van der Waals surface area contributed by atoms with Gasteiger partial charge in [-0.1, -0.05) is 59.6 Å². The highest BCUT2D eigenvalue weighted by atomic mass is 35.5. The van der Waals surface area contributed by atoms with Gasteiger partial charge in [0.15, 0.2) is 8.67 Å². The Balaban J connectivity index is 5.06. The van der Waals surface area contributed by atoms with Crippen molar-refractivity contribution in [3.05, 3.63) is 24.3 Å². The quantitative estimate of drug-likeness (QED) is 0.498. The van der Waals surface area contributed by atoms with E-state index in [-0.39, 0.29) is 11.8 Å². The molecule has 0 aliphatic carbocycles. The van der Waals surface area contributed by atoms with Crippen molar-refractivity contribution in [2.75, 3.05) is 11.8 Å². The Hall–Kier alpha value is 1.22. The topological polar surface area (TPSA) is 0 Å². The SMILES string of the molecule is C=C(CCl)C(Cl)(Cl)C(Cl)(Cl)C(=C)CCl. The Labute approximate surface area is 114 Å². The van der Waals surface area contributed by atoms with Crippen molar-refractivity contribution in [2.45, 2.75) is 8.67 Å². The maximum atomic E-state index is 5.95. The molecule has 6 heteroatoms. The van der Waals surface area contributed by atoms with Gasteiger partial charge in [-0.2, -0.15) is 0 Å². The van der Waals surface area contributed by atoms with E-state index in [1.54, 1.807) is 0 Å². The first-order valence-electron chi connectivity index (χ1n) is 3.45. The van der Waals surface area contributed by atoms with Crippen LogP contribution >= 0.6 is 69.6 Å². The van der Waals surface area contributed by atoms with Gasteiger partial charge < -0.3 is 0 Å². The minimum absolute atomic E-state index is 0.0454. The number of allylic oxidation sites excluding steroid dienone is 2. The van der Waals surface area contributed by atoms with Gasteiger partial charge in [-0.3, -0.25) is 0 Å². The lowest BCUT2D eigenvalue weighted by molar-refractivity contribution is 0.818. The number of halogens is 6. The predicted octanol–water partition coefficient (Wildman–Crippen LogP) is 4.92. The Morgan fingerprint density at radius 3 is 1.14 bits per heavy atom. The fourth-order valence-corrected chi connectivity index (χ4v) is 2.09. The van der Waals surface area contributed by atoms with Crippen molar-refractivity contribution < 1.29 is 0 Å². The summed E-state index contributed by atoms with van der Waals surface area (Å²) in [5.74, 6) is 0.0908. The third-order valence-corrected chi connectivity index (χ3v) is 4.84. The molecular formula is C8H8Cl6. The maximum Gasteiger partial charge on any atom is 0.176 e. The molecule has 0 N–H and O–H groups in total. The highest BCUT2D eigenvalue weighted by Gasteiger charge is 2.50. The zero-order chi connectivity index (χ0) is 11.6. The van der Waals surface area contributed by atoms with E-state index in [9.17, 15) is 0 Å². The van der Waals surface area contributed by atoms with Crippen molar-refractivity contribution in [1.82, 2.24) is 0 Å². The monoisotopic (exact) mass is 314 g/mol. The summed E-state index contributed by atoms with van der Waals surface area (Å²) in [6.07, 6.45) is 0. The molecule has 14 heavy (non-hydrogen) atoms. The van der Waals surface area contributed by atoms with E-state index in [0.29, 0.717) is 11.1 Å². The first kappa shape index (κ1) is 15.2. The van der Waals surface area contributed by atoms with Crippen LogP contribution in [0.15, 0.2) is 24.3 Å². The molecule has 0 aromatic rings. The van der Waals surface area contributed by atoms with Gasteiger partial charge in [-0.05, 0) is 11.1 Å². The second-order valence-corrected chi connectivity index (χ2v) is 5.81. The summed E-state index contributed by atoms with van der Waals surface area (Å²) in [5, 5.41) is 0. The Kier molecular flexibility index (Phi) is 6.00. The molecule has 0 aliphatic heterocycles. The van der Waals surface area contributed by atoms with Gasteiger partial charge in [0, 0.05) is 11.8 Å². The summed E-state index contributed by atoms with van der Waals surface area (Å²) in [6, 6.07) is 0. The average Bonchev–Trinajstić information content (AvgIpc) is 2.14. The van der Waals surface area contributed by atoms with E-state index < -0.39 is 8.67 Å². The summed E-state index contributed by atoms with van der Waals surface area (Å²) >= 11 is 34.9. The van der Waals surface area contributed by atoms with Crippen LogP contribution in [0, 0.1) is 0 Å². The summed E-state index contributed by atoms with van der Waals surface area (Å²) in [4.78, 5) is 0. The number of alkyl halides is 6. The van der Waals surface area contributed by atoms with Gasteiger partial charge in [0.05, 0.1) is 0 Å². The molecule has 0 amide bonds. The van der Waals surface area contributed by atoms with Crippen LogP contribution in [0.1, 0.15) is 0 Å². The van der Waals surface area contributed by atoms with Crippen molar-refractivity contribution in [3.8, 4) is 0 Å². The third kappa shape index (κ3) is 2.87. The Bertz CT molecular complexity index is 216. The molecule has 0 atom stereocenters. The van der Waals surface area contributed by atoms with Crippen LogP contribution in [-0.2, 0) is 0 Å². The zero-order valence-electron chi connectivity index (χ0n) is 7.10. The molecule has 0 saturated heterocycles. The van der Waals surface area contributed by atoms with E-state index in [2.05, 4.69) is 13.2 Å². The predicted molar refractivity (Wildman–Crippen MR) is 68.6 cm³/mol. The fourth-order valence-electron chi connectivity index (χ4n) is 0.612. The van der Waals surface area contributed by atoms with Crippen molar-refractivity contribution in [3.63, 3.8) is 0 Å². The molecule has 0 aliphatic rings. The second kappa shape index (κ2) is 5.52. The normalized spacial score (nSPS) is 12.7. The molecule has 82 valence electrons. The molecule has 0 unspecified atom stereocenters. The van der Waals surface area contributed by atoms with Crippen LogP contribution < -0.4 is 0 Å². The van der Waals surface area contributed by atoms with Crippen LogP contribution in [0.4, 0.5) is 0 Å². The van der Waals surface area contributed by atoms with Gasteiger partial charge in [0.2, 0.25) is 0 Å². The Morgan fingerprint density at radius 1 is 0.786 bits per heavy atom. The summed E-state index contributed by atoms with van der Waals surface area (Å²) in [5.41, 5.74) is 0.581. The Morgan fingerprint density at radius 2 is 1.00 bits per heavy atom. The highest BCUT2D eigenvalue weighted by molar-refractivity contribution is 6.65. The van der Waals surface area contributed by atoms with E-state index >= 15 is 0 Å². The van der Waals surface area contributed by atoms with E-state index in [1.165, 1.54) is 0 Å². The van der Waals surface area contributed by atoms with Crippen LogP contribution in [-0.4, -0.2) is 20.4 Å². The first-order valence-corrected chi connectivity index (χ1v) is 6.04. The smallest absolute Gasteiger partial charge is 0.122 e. The molecular weight excluding hydrogens is 309 g/mol. The summed E-state index contributed by atoms with van der Waals surface area (Å²) in [7, 11) is 0. The second-order valence-electron chi connectivity index (χ2n) is 2.62. The van der Waals surface area contributed by atoms with E-state index in [1.807, 2.05) is 0 Å². The fraction of sp³-hybridized carbons (Fsp3) is 0.500. The molecule has 0 heterocycles. The van der Waals surface area contributed by atoms with Crippen LogP contribution in [0.5, 0.6) is 0 Å². The lowest BCUT2D eigenvalue weighted by atomic mass is 10.1. The molecule has 0 rings (SSSR count). The molecule has 0 saturated carbocycles. The summed E-state index contributed by atoms with van der Waals surface area (Å²) in [6.45, 7) is 7.16. The minimum atomic E-state index is -1.61. The molecule has 0 fully saturated rings. The minimum Gasteiger partial charge on any atom is -0.122 e. The van der Waals surface area contributed by atoms with Crippen molar-refractivity contribution in [1.29, 1.82) is 0 Å². The molecule has 0 bridgehead atoms. The van der Waals surface area contributed by atoms with E-state index in [4.69, 9.17) is 69.6 Å². The van der Waals surface area contributed by atoms with Gasteiger partial charge >= 0.3 is 0 Å². The number of rotatable bonds is 5. The van der Waals surface area contributed by atoms with Crippen LogP contribution in [0.2, 0.25) is 0 Å². The van der Waals surface area contributed by atoms with Gasteiger partial charge in [-0.25, -0.2) is 0 Å². The molecule has 0 nitrogen and oxygen atoms in total. The van der Waals surface area contributed by atoms with E-state index in [0.717, 1.165) is 0 Å². The molecule has 0 spiro atoms. The molecule has 0 aromatic heterocycles. The maximum absolute atomic E-state index is 5.95. The zero-order valence-corrected chi connectivity index (χ0v) is 11.6. The standard InChI is InChI=1S/C8H8Cl6/c1-5(3-9)7(11,12)8(13,14)6(2)4-10/h1-4H2. The summed E-state index contributed by atoms with van der Waals surface area (Å²) < 4.78 is -3.21. The van der Waals surface area contributed by atoms with Gasteiger partial charge in [0.25, 0.3) is 0 Å². The third-order valence-electron chi connectivity index (χ3n) is 1.61. The number of hydrogen-bond acceptors (Lipinski definition) is 0. The molecule has 0 radical (unpaired) electrons.